The Morgan fingerprint density at radius 3 is 2.61 bits per heavy atom. The summed E-state index contributed by atoms with van der Waals surface area (Å²) < 4.78 is 51.3. The summed E-state index contributed by atoms with van der Waals surface area (Å²) in [5.74, 6) is -1.64. The number of hydrogen-bond donors (Lipinski definition) is 1. The molecule has 0 spiro atoms. The molecular formula is C15H17F4N3O. The minimum atomic E-state index is -4.92. The highest BCUT2D eigenvalue weighted by Gasteiger charge is 2.37. The predicted octanol–water partition coefficient (Wildman–Crippen LogP) is 2.45. The van der Waals surface area contributed by atoms with E-state index in [0.29, 0.717) is 18.5 Å². The molecule has 0 saturated carbocycles. The van der Waals surface area contributed by atoms with E-state index in [1.54, 1.807) is 0 Å². The Bertz CT molecular complexity index is 583. The van der Waals surface area contributed by atoms with Crippen LogP contribution in [0.15, 0.2) is 12.1 Å². The average molecular weight is 331 g/mol. The number of piperidine rings is 1. The molecule has 3 saturated heterocycles. The molecule has 1 aromatic heterocycles. The van der Waals surface area contributed by atoms with Gasteiger partial charge < -0.3 is 10.2 Å². The van der Waals surface area contributed by atoms with E-state index in [2.05, 4.69) is 15.2 Å². The van der Waals surface area contributed by atoms with Crippen LogP contribution >= 0.6 is 0 Å². The van der Waals surface area contributed by atoms with Gasteiger partial charge in [0.05, 0.1) is 0 Å². The third-order valence-electron chi connectivity index (χ3n) is 4.49. The van der Waals surface area contributed by atoms with Crippen molar-refractivity contribution < 1.29 is 22.4 Å². The van der Waals surface area contributed by atoms with Crippen LogP contribution in [-0.2, 0) is 6.18 Å². The minimum Gasteiger partial charge on any atom is -0.347 e. The highest BCUT2D eigenvalue weighted by Crippen LogP contribution is 2.30. The Labute approximate surface area is 130 Å². The van der Waals surface area contributed by atoms with Gasteiger partial charge in [-0.2, -0.15) is 13.2 Å². The minimum absolute atomic E-state index is 0.112. The number of halogens is 4. The van der Waals surface area contributed by atoms with Crippen LogP contribution in [0.5, 0.6) is 0 Å². The molecule has 8 heteroatoms. The van der Waals surface area contributed by atoms with Gasteiger partial charge in [0.2, 0.25) is 0 Å². The molecule has 1 atom stereocenters. The smallest absolute Gasteiger partial charge is 0.347 e. The first kappa shape index (κ1) is 16.2. The van der Waals surface area contributed by atoms with Crippen molar-refractivity contribution in [2.45, 2.75) is 31.5 Å². The first-order valence-electron chi connectivity index (χ1n) is 7.60. The summed E-state index contributed by atoms with van der Waals surface area (Å²) in [6.45, 7) is 2.67. The SMILES string of the molecule is O=C(NC1CC2CCN(CC2)C1)c1ccc(F)c(C(F)(F)F)n1. The van der Waals surface area contributed by atoms with E-state index in [1.165, 1.54) is 0 Å². The van der Waals surface area contributed by atoms with Crippen molar-refractivity contribution >= 4 is 5.91 Å². The van der Waals surface area contributed by atoms with Crippen LogP contribution in [0.25, 0.3) is 0 Å². The first-order valence-corrected chi connectivity index (χ1v) is 7.60. The van der Waals surface area contributed by atoms with Crippen molar-refractivity contribution in [1.29, 1.82) is 0 Å². The van der Waals surface area contributed by atoms with Crippen molar-refractivity contribution in [3.05, 3.63) is 29.3 Å². The molecule has 23 heavy (non-hydrogen) atoms. The number of hydrogen-bond acceptors (Lipinski definition) is 3. The van der Waals surface area contributed by atoms with Crippen LogP contribution in [0.2, 0.25) is 0 Å². The number of nitrogens with zero attached hydrogens (tertiary/aromatic N) is 2. The number of amides is 1. The fourth-order valence-corrected chi connectivity index (χ4v) is 3.32. The molecule has 1 N–H and O–H groups in total. The number of alkyl halides is 3. The van der Waals surface area contributed by atoms with Gasteiger partial charge in [-0.3, -0.25) is 4.79 Å². The van der Waals surface area contributed by atoms with E-state index in [-0.39, 0.29) is 6.04 Å². The predicted molar refractivity (Wildman–Crippen MR) is 74.2 cm³/mol. The highest BCUT2D eigenvalue weighted by molar-refractivity contribution is 5.92. The monoisotopic (exact) mass is 331 g/mol. The maximum Gasteiger partial charge on any atom is 0.436 e. The summed E-state index contributed by atoms with van der Waals surface area (Å²) in [5, 5.41) is 2.74. The van der Waals surface area contributed by atoms with Crippen molar-refractivity contribution in [3.63, 3.8) is 0 Å². The molecule has 1 aromatic rings. The lowest BCUT2D eigenvalue weighted by Crippen LogP contribution is -2.42. The zero-order chi connectivity index (χ0) is 16.6. The maximum absolute atomic E-state index is 13.2. The van der Waals surface area contributed by atoms with Gasteiger partial charge in [0.1, 0.15) is 5.69 Å². The van der Waals surface area contributed by atoms with Gasteiger partial charge in [-0.25, -0.2) is 9.37 Å². The lowest BCUT2D eigenvalue weighted by atomic mass is 9.94. The number of rotatable bonds is 2. The van der Waals surface area contributed by atoms with Crippen LogP contribution < -0.4 is 5.32 Å². The van der Waals surface area contributed by atoms with Gasteiger partial charge in [-0.05, 0) is 50.4 Å². The van der Waals surface area contributed by atoms with Gasteiger partial charge >= 0.3 is 6.18 Å². The van der Waals surface area contributed by atoms with E-state index >= 15 is 0 Å². The Morgan fingerprint density at radius 1 is 1.26 bits per heavy atom. The number of carbonyl (C=O) groups excluding carboxylic acids is 1. The van der Waals surface area contributed by atoms with E-state index in [4.69, 9.17) is 0 Å². The van der Waals surface area contributed by atoms with Crippen LogP contribution in [0.4, 0.5) is 17.6 Å². The summed E-state index contributed by atoms with van der Waals surface area (Å²) >= 11 is 0. The van der Waals surface area contributed by atoms with Gasteiger partial charge in [-0.1, -0.05) is 0 Å². The number of nitrogens with one attached hydrogen (secondary N) is 1. The number of carbonyl (C=O) groups is 1. The Balaban J connectivity index is 1.73. The number of pyridine rings is 1. The average Bonchev–Trinajstić information content (AvgIpc) is 2.78. The molecule has 1 unspecified atom stereocenters. The van der Waals surface area contributed by atoms with E-state index in [9.17, 15) is 22.4 Å². The molecule has 0 aliphatic carbocycles. The van der Waals surface area contributed by atoms with E-state index in [0.717, 1.165) is 38.4 Å². The lowest BCUT2D eigenvalue weighted by molar-refractivity contribution is -0.143. The first-order chi connectivity index (χ1) is 10.8. The summed E-state index contributed by atoms with van der Waals surface area (Å²) in [4.78, 5) is 17.6. The Kier molecular flexibility index (Phi) is 4.27. The molecule has 4 heterocycles. The molecule has 126 valence electrons. The standard InChI is InChI=1S/C15H17F4N3O/c16-11-1-2-12(21-13(11)15(17,18)19)14(23)20-10-7-9-3-5-22(8-10)6-4-9/h1-2,9-10H,3-8H2,(H,20,23). The van der Waals surface area contributed by atoms with Gasteiger partial charge in [-0.15, -0.1) is 0 Å². The maximum atomic E-state index is 13.2. The second-order valence-electron chi connectivity index (χ2n) is 6.17. The van der Waals surface area contributed by atoms with E-state index < -0.39 is 29.3 Å². The fraction of sp³-hybridized carbons (Fsp3) is 0.600. The molecular weight excluding hydrogens is 314 g/mol. The van der Waals surface area contributed by atoms with Crippen molar-refractivity contribution in [2.75, 3.05) is 19.6 Å². The summed E-state index contributed by atoms with van der Waals surface area (Å²) in [5.41, 5.74) is -2.07. The molecule has 2 bridgehead atoms. The van der Waals surface area contributed by atoms with Gasteiger partial charge in [0, 0.05) is 12.6 Å². The van der Waals surface area contributed by atoms with E-state index in [1.807, 2.05) is 0 Å². The van der Waals surface area contributed by atoms with Gasteiger partial charge in [0.15, 0.2) is 11.5 Å². The third-order valence-corrected chi connectivity index (χ3v) is 4.49. The normalized spacial score (nSPS) is 27.6. The number of fused-ring (bicyclic) bond motifs is 4. The molecule has 4 nitrogen and oxygen atoms in total. The lowest BCUT2D eigenvalue weighted by Gasteiger charge is -2.26. The van der Waals surface area contributed by atoms with Crippen LogP contribution in [0, 0.1) is 11.7 Å². The number of aromatic nitrogens is 1. The summed E-state index contributed by atoms with van der Waals surface area (Å²) in [7, 11) is 0. The fourth-order valence-electron chi connectivity index (χ4n) is 3.32. The quantitative estimate of drug-likeness (QED) is 0.847. The molecule has 3 aliphatic heterocycles. The molecule has 1 amide bonds. The summed E-state index contributed by atoms with van der Waals surface area (Å²) in [6, 6.07) is 1.50. The topological polar surface area (TPSA) is 45.2 Å². The van der Waals surface area contributed by atoms with Gasteiger partial charge in [0.25, 0.3) is 5.91 Å². The molecule has 4 rings (SSSR count). The Hall–Kier alpha value is -1.70. The Morgan fingerprint density at radius 2 is 1.96 bits per heavy atom. The highest BCUT2D eigenvalue weighted by atomic mass is 19.4. The van der Waals surface area contributed by atoms with Crippen LogP contribution in [-0.4, -0.2) is 41.5 Å². The zero-order valence-corrected chi connectivity index (χ0v) is 12.4. The second kappa shape index (κ2) is 6.07. The van der Waals surface area contributed by atoms with Crippen LogP contribution in [0.3, 0.4) is 0 Å². The second-order valence-corrected chi connectivity index (χ2v) is 6.17. The largest absolute Gasteiger partial charge is 0.436 e. The van der Waals surface area contributed by atoms with Crippen LogP contribution in [0.1, 0.15) is 35.4 Å². The summed E-state index contributed by atoms with van der Waals surface area (Å²) in [6.07, 6.45) is -1.94. The zero-order valence-electron chi connectivity index (χ0n) is 12.4. The van der Waals surface area contributed by atoms with Crippen molar-refractivity contribution in [1.82, 2.24) is 15.2 Å². The molecule has 0 aromatic carbocycles. The molecule has 3 aliphatic rings. The van der Waals surface area contributed by atoms with Crippen molar-refractivity contribution in [2.24, 2.45) is 5.92 Å². The molecule has 3 fully saturated rings. The third kappa shape index (κ3) is 3.63. The van der Waals surface area contributed by atoms with Crippen molar-refractivity contribution in [3.8, 4) is 0 Å². The molecule has 0 radical (unpaired) electrons.